The van der Waals surface area contributed by atoms with E-state index in [4.69, 9.17) is 4.74 Å². The first-order valence-electron chi connectivity index (χ1n) is 6.73. The van der Waals surface area contributed by atoms with Gasteiger partial charge in [-0.15, -0.1) is 11.8 Å². The summed E-state index contributed by atoms with van der Waals surface area (Å²) in [7, 11) is 0. The second-order valence-corrected chi connectivity index (χ2v) is 5.59. The maximum Gasteiger partial charge on any atom is 0.339 e. The maximum absolute atomic E-state index is 11.9. The van der Waals surface area contributed by atoms with Crippen molar-refractivity contribution < 1.29 is 19.6 Å². The Balaban J connectivity index is 1.93. The van der Waals surface area contributed by atoms with Crippen LogP contribution < -0.4 is 0 Å². The zero-order chi connectivity index (χ0) is 16.8. The van der Waals surface area contributed by atoms with E-state index >= 15 is 0 Å². The minimum atomic E-state index is -1.36. The number of carbonyl (C=O) groups is 1. The molecular formula is C16H15NO5S. The van der Waals surface area contributed by atoms with Crippen LogP contribution in [0.1, 0.15) is 17.2 Å². The number of hydrogen-bond acceptors (Lipinski definition) is 6. The van der Waals surface area contributed by atoms with Gasteiger partial charge in [0.25, 0.3) is 5.69 Å². The Labute approximate surface area is 137 Å². The zero-order valence-electron chi connectivity index (χ0n) is 12.3. The van der Waals surface area contributed by atoms with E-state index in [1.807, 2.05) is 18.4 Å². The fraction of sp³-hybridized carbons (Fsp3) is 0.188. The molecule has 2 aromatic rings. The predicted octanol–water partition coefficient (Wildman–Crippen LogP) is 3.09. The van der Waals surface area contributed by atoms with Gasteiger partial charge in [-0.25, -0.2) is 4.79 Å². The van der Waals surface area contributed by atoms with E-state index in [1.54, 1.807) is 23.9 Å². The van der Waals surface area contributed by atoms with Gasteiger partial charge in [0.1, 0.15) is 6.61 Å². The summed E-state index contributed by atoms with van der Waals surface area (Å²) in [5.74, 6) is -0.764. The topological polar surface area (TPSA) is 89.7 Å². The fourth-order valence-corrected chi connectivity index (χ4v) is 2.28. The molecule has 0 fully saturated rings. The molecule has 0 aliphatic rings. The second-order valence-electron chi connectivity index (χ2n) is 4.71. The maximum atomic E-state index is 11.9. The summed E-state index contributed by atoms with van der Waals surface area (Å²) < 4.78 is 5.04. The lowest BCUT2D eigenvalue weighted by atomic mass is 10.1. The largest absolute Gasteiger partial charge is 0.459 e. The van der Waals surface area contributed by atoms with Crippen molar-refractivity contribution in [2.75, 3.05) is 6.26 Å². The van der Waals surface area contributed by atoms with Gasteiger partial charge in [-0.05, 0) is 41.6 Å². The molecule has 0 heterocycles. The summed E-state index contributed by atoms with van der Waals surface area (Å²) in [6.45, 7) is -0.0587. The Morgan fingerprint density at radius 2 is 1.83 bits per heavy atom. The minimum absolute atomic E-state index is 0.0333. The molecule has 0 aliphatic carbocycles. The normalized spacial score (nSPS) is 11.7. The summed E-state index contributed by atoms with van der Waals surface area (Å²) >= 11 is 1.56. The molecule has 120 valence electrons. The van der Waals surface area contributed by atoms with Crippen molar-refractivity contribution in [2.24, 2.45) is 0 Å². The molecule has 0 spiro atoms. The number of nitrogens with zero attached hydrogens (tertiary/aromatic N) is 1. The lowest BCUT2D eigenvalue weighted by Gasteiger charge is -2.11. The van der Waals surface area contributed by atoms with Crippen LogP contribution in [0.5, 0.6) is 0 Å². The molecule has 2 rings (SSSR count). The summed E-state index contributed by atoms with van der Waals surface area (Å²) in [5.41, 5.74) is 1.03. The molecule has 6 nitrogen and oxygen atoms in total. The molecule has 0 saturated carbocycles. The molecule has 1 atom stereocenters. The number of aliphatic hydroxyl groups excluding tert-OH is 1. The number of nitro groups is 1. The highest BCUT2D eigenvalue weighted by molar-refractivity contribution is 7.98. The van der Waals surface area contributed by atoms with E-state index < -0.39 is 17.0 Å². The van der Waals surface area contributed by atoms with E-state index in [1.165, 1.54) is 24.3 Å². The van der Waals surface area contributed by atoms with Crippen molar-refractivity contribution in [1.29, 1.82) is 0 Å². The summed E-state index contributed by atoms with van der Waals surface area (Å²) in [5, 5.41) is 20.5. The van der Waals surface area contributed by atoms with Gasteiger partial charge in [-0.2, -0.15) is 0 Å². The van der Waals surface area contributed by atoms with E-state index in [-0.39, 0.29) is 12.3 Å². The molecule has 7 heteroatoms. The first-order chi connectivity index (χ1) is 11.0. The molecule has 0 aliphatic heterocycles. The Morgan fingerprint density at radius 3 is 2.35 bits per heavy atom. The van der Waals surface area contributed by atoms with Crippen molar-refractivity contribution in [1.82, 2.24) is 0 Å². The Hall–Kier alpha value is -2.38. The standard InChI is InChI=1S/C16H15NO5S/c1-23-14-8-4-12(5-9-14)15(18)16(19)22-10-11-2-6-13(7-3-11)17(20)21/h2-9,15,18H,10H2,1H3. The van der Waals surface area contributed by atoms with Crippen LogP contribution in [0.15, 0.2) is 53.4 Å². The summed E-state index contributed by atoms with van der Waals surface area (Å²) in [6.07, 6.45) is 0.577. The number of non-ortho nitro benzene ring substituents is 1. The van der Waals surface area contributed by atoms with Gasteiger partial charge in [0.2, 0.25) is 0 Å². The Kier molecular flexibility index (Phi) is 5.72. The smallest absolute Gasteiger partial charge is 0.339 e. The molecule has 0 amide bonds. The number of nitro benzene ring substituents is 1. The zero-order valence-corrected chi connectivity index (χ0v) is 13.2. The number of esters is 1. The highest BCUT2D eigenvalue weighted by Gasteiger charge is 2.19. The number of benzene rings is 2. The van der Waals surface area contributed by atoms with Gasteiger partial charge in [-0.3, -0.25) is 10.1 Å². The third kappa shape index (κ3) is 4.54. The minimum Gasteiger partial charge on any atom is -0.459 e. The molecule has 0 radical (unpaired) electrons. The first kappa shape index (κ1) is 17.0. The van der Waals surface area contributed by atoms with Crippen LogP contribution in [0, 0.1) is 10.1 Å². The van der Waals surface area contributed by atoms with E-state index in [9.17, 15) is 20.0 Å². The van der Waals surface area contributed by atoms with Crippen molar-refractivity contribution in [3.05, 3.63) is 69.8 Å². The lowest BCUT2D eigenvalue weighted by molar-refractivity contribution is -0.384. The van der Waals surface area contributed by atoms with E-state index in [0.717, 1.165) is 4.90 Å². The second kappa shape index (κ2) is 7.75. The number of rotatable bonds is 6. The summed E-state index contributed by atoms with van der Waals surface area (Å²) in [6, 6.07) is 12.6. The van der Waals surface area contributed by atoms with E-state index in [0.29, 0.717) is 11.1 Å². The SMILES string of the molecule is CSc1ccc(C(O)C(=O)OCc2ccc([N+](=O)[O-])cc2)cc1. The van der Waals surface area contributed by atoms with Crippen molar-refractivity contribution in [2.45, 2.75) is 17.6 Å². The van der Waals surface area contributed by atoms with Gasteiger partial charge >= 0.3 is 5.97 Å². The number of thioether (sulfide) groups is 1. The van der Waals surface area contributed by atoms with Crippen LogP contribution in [-0.2, 0) is 16.1 Å². The molecule has 2 aromatic carbocycles. The first-order valence-corrected chi connectivity index (χ1v) is 7.95. The molecule has 0 saturated heterocycles. The lowest BCUT2D eigenvalue weighted by Crippen LogP contribution is -2.15. The molecule has 23 heavy (non-hydrogen) atoms. The predicted molar refractivity (Wildman–Crippen MR) is 86.1 cm³/mol. The number of carbonyl (C=O) groups excluding carboxylic acids is 1. The van der Waals surface area contributed by atoms with Crippen molar-refractivity contribution in [3.8, 4) is 0 Å². The van der Waals surface area contributed by atoms with Gasteiger partial charge in [0.15, 0.2) is 6.10 Å². The molecule has 0 bridgehead atoms. The average molecular weight is 333 g/mol. The Bertz CT molecular complexity index is 685. The number of aliphatic hydroxyl groups is 1. The highest BCUT2D eigenvalue weighted by atomic mass is 32.2. The molecule has 1 N–H and O–H groups in total. The quantitative estimate of drug-likeness (QED) is 0.378. The average Bonchev–Trinajstić information content (AvgIpc) is 2.59. The van der Waals surface area contributed by atoms with Gasteiger partial charge < -0.3 is 9.84 Å². The van der Waals surface area contributed by atoms with Crippen LogP contribution in [0.3, 0.4) is 0 Å². The fourth-order valence-electron chi connectivity index (χ4n) is 1.87. The Morgan fingerprint density at radius 1 is 1.22 bits per heavy atom. The third-order valence-electron chi connectivity index (χ3n) is 3.18. The van der Waals surface area contributed by atoms with Gasteiger partial charge in [0.05, 0.1) is 4.92 Å². The van der Waals surface area contributed by atoms with E-state index in [2.05, 4.69) is 0 Å². The monoisotopic (exact) mass is 333 g/mol. The van der Waals surface area contributed by atoms with Gasteiger partial charge in [-0.1, -0.05) is 12.1 Å². The number of hydrogen-bond donors (Lipinski definition) is 1. The van der Waals surface area contributed by atoms with Crippen LogP contribution >= 0.6 is 11.8 Å². The third-order valence-corrected chi connectivity index (χ3v) is 3.93. The van der Waals surface area contributed by atoms with Gasteiger partial charge in [0, 0.05) is 17.0 Å². The highest BCUT2D eigenvalue weighted by Crippen LogP contribution is 2.20. The molecule has 1 unspecified atom stereocenters. The van der Waals surface area contributed by atoms with Crippen molar-refractivity contribution >= 4 is 23.4 Å². The van der Waals surface area contributed by atoms with Crippen LogP contribution in [-0.4, -0.2) is 22.3 Å². The molecule has 0 aromatic heterocycles. The molecular weight excluding hydrogens is 318 g/mol. The van der Waals surface area contributed by atoms with Crippen LogP contribution in [0.25, 0.3) is 0 Å². The van der Waals surface area contributed by atoms with Crippen LogP contribution in [0.4, 0.5) is 5.69 Å². The van der Waals surface area contributed by atoms with Crippen molar-refractivity contribution in [3.63, 3.8) is 0 Å². The number of ether oxygens (including phenoxy) is 1. The summed E-state index contributed by atoms with van der Waals surface area (Å²) in [4.78, 5) is 22.9. The van der Waals surface area contributed by atoms with Crippen LogP contribution in [0.2, 0.25) is 0 Å².